The second kappa shape index (κ2) is 9.86. The van der Waals surface area contributed by atoms with Crippen LogP contribution in [0.2, 0.25) is 0 Å². The molecule has 2 aliphatic rings. The average Bonchev–Trinajstić information content (AvgIpc) is 2.87. The van der Waals surface area contributed by atoms with Gasteiger partial charge in [-0.15, -0.1) is 0 Å². The third-order valence-corrected chi connectivity index (χ3v) is 8.10. The Morgan fingerprint density at radius 1 is 1.00 bits per heavy atom. The van der Waals surface area contributed by atoms with Gasteiger partial charge in [0.05, 0.1) is 10.6 Å². The highest BCUT2D eigenvalue weighted by Gasteiger charge is 2.30. The number of anilines is 2. The Balaban J connectivity index is 1.34. The van der Waals surface area contributed by atoms with E-state index >= 15 is 0 Å². The van der Waals surface area contributed by atoms with Crippen molar-refractivity contribution in [2.45, 2.75) is 31.7 Å². The van der Waals surface area contributed by atoms with E-state index in [-0.39, 0.29) is 17.9 Å². The van der Waals surface area contributed by atoms with Crippen molar-refractivity contribution >= 4 is 41.0 Å². The number of piperazine rings is 1. The molecular weight excluding hydrogens is 466 g/mol. The maximum absolute atomic E-state index is 13.4. The molecule has 1 saturated heterocycles. The number of amides is 2. The Hall–Kier alpha value is -3.51. The van der Waals surface area contributed by atoms with Crippen molar-refractivity contribution in [2.24, 2.45) is 0 Å². The second-order valence-corrected chi connectivity index (χ2v) is 10.7. The number of carbonyl (C=O) groups excluding carboxylic acids is 2. The Kier molecular flexibility index (Phi) is 6.63. The van der Waals surface area contributed by atoms with Crippen molar-refractivity contribution < 1.29 is 9.59 Å². The lowest BCUT2D eigenvalue weighted by molar-refractivity contribution is -0.114. The summed E-state index contributed by atoms with van der Waals surface area (Å²) in [5.41, 5.74) is 6.01. The zero-order valence-electron chi connectivity index (χ0n) is 21.2. The standard InChI is InChI=1S/C30H31N3O2S/c1-20-8-7-11-25(16-20)33-15-14-32(19-22(33)3)29(34)24-12-13-27-26(17-24)31(4)30(35)28(36-27)18-23-10-6-5-9-21(23)2/h5-13,16-18,22H,14-15,19H2,1-4H3/b28-18-. The molecule has 0 bridgehead atoms. The van der Waals surface area contributed by atoms with Crippen LogP contribution in [-0.2, 0) is 4.79 Å². The van der Waals surface area contributed by atoms with Crippen molar-refractivity contribution in [1.82, 2.24) is 4.90 Å². The summed E-state index contributed by atoms with van der Waals surface area (Å²) in [6.07, 6.45) is 1.95. The van der Waals surface area contributed by atoms with E-state index in [9.17, 15) is 9.59 Å². The molecule has 184 valence electrons. The van der Waals surface area contributed by atoms with Crippen molar-refractivity contribution in [3.05, 3.63) is 93.9 Å². The first-order valence-corrected chi connectivity index (χ1v) is 13.1. The van der Waals surface area contributed by atoms with E-state index in [2.05, 4.69) is 43.0 Å². The van der Waals surface area contributed by atoms with Gasteiger partial charge in [0.1, 0.15) is 0 Å². The summed E-state index contributed by atoms with van der Waals surface area (Å²) < 4.78 is 0. The number of likely N-dealkylation sites (N-methyl/N-ethyl adjacent to an activating group) is 1. The molecule has 0 spiro atoms. The SMILES string of the molecule is Cc1cccc(N2CCN(C(=O)c3ccc4c(c3)N(C)C(=O)/C(=C/c3ccccc3C)S4)CC2C)c1. The number of aryl methyl sites for hydroxylation is 2. The third kappa shape index (κ3) is 4.65. The molecule has 5 rings (SSSR count). The average molecular weight is 498 g/mol. The molecule has 2 amide bonds. The van der Waals surface area contributed by atoms with Gasteiger partial charge in [-0.1, -0.05) is 48.2 Å². The van der Waals surface area contributed by atoms with Gasteiger partial charge in [0.25, 0.3) is 11.8 Å². The molecule has 0 N–H and O–H groups in total. The highest BCUT2D eigenvalue weighted by Crippen LogP contribution is 2.42. The molecule has 1 fully saturated rings. The first kappa shape index (κ1) is 24.2. The quantitative estimate of drug-likeness (QED) is 0.431. The number of thioether (sulfide) groups is 1. The van der Waals surface area contributed by atoms with Gasteiger partial charge < -0.3 is 14.7 Å². The third-order valence-electron chi connectivity index (χ3n) is 7.03. The van der Waals surface area contributed by atoms with Crippen LogP contribution in [0.25, 0.3) is 6.08 Å². The molecule has 6 heteroatoms. The Labute approximate surface area is 217 Å². The maximum Gasteiger partial charge on any atom is 0.264 e. The number of hydrogen-bond donors (Lipinski definition) is 0. The van der Waals surface area contributed by atoms with Gasteiger partial charge in [0, 0.05) is 48.9 Å². The van der Waals surface area contributed by atoms with E-state index in [1.165, 1.54) is 23.0 Å². The largest absolute Gasteiger partial charge is 0.365 e. The minimum absolute atomic E-state index is 0.0145. The van der Waals surface area contributed by atoms with Crippen molar-refractivity contribution in [3.63, 3.8) is 0 Å². The molecular formula is C30H31N3O2S. The summed E-state index contributed by atoms with van der Waals surface area (Å²) in [6.45, 7) is 8.44. The van der Waals surface area contributed by atoms with Gasteiger partial charge in [-0.05, 0) is 73.9 Å². The minimum Gasteiger partial charge on any atom is -0.365 e. The van der Waals surface area contributed by atoms with Crippen molar-refractivity contribution in [2.75, 3.05) is 36.5 Å². The van der Waals surface area contributed by atoms with Gasteiger partial charge in [-0.2, -0.15) is 0 Å². The molecule has 0 radical (unpaired) electrons. The van der Waals surface area contributed by atoms with Crippen LogP contribution in [0, 0.1) is 13.8 Å². The predicted molar refractivity (Wildman–Crippen MR) is 149 cm³/mol. The molecule has 1 atom stereocenters. The lowest BCUT2D eigenvalue weighted by Gasteiger charge is -2.41. The summed E-state index contributed by atoms with van der Waals surface area (Å²) in [4.78, 5) is 34.2. The topological polar surface area (TPSA) is 43.9 Å². The predicted octanol–water partition coefficient (Wildman–Crippen LogP) is 5.76. The fourth-order valence-electron chi connectivity index (χ4n) is 4.93. The molecule has 2 aliphatic heterocycles. The van der Waals surface area contributed by atoms with Crippen LogP contribution < -0.4 is 9.80 Å². The van der Waals surface area contributed by atoms with Gasteiger partial charge in [-0.25, -0.2) is 0 Å². The highest BCUT2D eigenvalue weighted by molar-refractivity contribution is 8.04. The Morgan fingerprint density at radius 2 is 1.81 bits per heavy atom. The molecule has 0 saturated carbocycles. The number of carbonyl (C=O) groups is 2. The van der Waals surface area contributed by atoms with Crippen molar-refractivity contribution in [3.8, 4) is 0 Å². The van der Waals surface area contributed by atoms with Crippen LogP contribution in [0.15, 0.2) is 76.5 Å². The Morgan fingerprint density at radius 3 is 2.56 bits per heavy atom. The van der Waals surface area contributed by atoms with E-state index in [0.717, 1.165) is 28.3 Å². The Bertz CT molecular complexity index is 1370. The van der Waals surface area contributed by atoms with Crippen LogP contribution in [0.3, 0.4) is 0 Å². The molecule has 36 heavy (non-hydrogen) atoms. The molecule has 5 nitrogen and oxygen atoms in total. The molecule has 3 aromatic rings. The van der Waals surface area contributed by atoms with Crippen LogP contribution in [-0.4, -0.2) is 49.4 Å². The first-order chi connectivity index (χ1) is 17.3. The van der Waals surface area contributed by atoms with Crippen molar-refractivity contribution in [1.29, 1.82) is 0 Å². The van der Waals surface area contributed by atoms with E-state index < -0.39 is 0 Å². The summed E-state index contributed by atoms with van der Waals surface area (Å²) in [5.74, 6) is -0.0404. The van der Waals surface area contributed by atoms with Crippen LogP contribution in [0.4, 0.5) is 11.4 Å². The maximum atomic E-state index is 13.4. The number of nitrogens with zero attached hydrogens (tertiary/aromatic N) is 3. The summed E-state index contributed by atoms with van der Waals surface area (Å²) in [7, 11) is 1.78. The van der Waals surface area contributed by atoms with E-state index in [4.69, 9.17) is 0 Å². The van der Waals surface area contributed by atoms with Gasteiger partial charge in [-0.3, -0.25) is 9.59 Å². The molecule has 3 aromatic carbocycles. The second-order valence-electron chi connectivity index (χ2n) is 9.65. The van der Waals surface area contributed by atoms with Gasteiger partial charge in [0.2, 0.25) is 0 Å². The van der Waals surface area contributed by atoms with Gasteiger partial charge in [0.15, 0.2) is 0 Å². The number of rotatable bonds is 3. The smallest absolute Gasteiger partial charge is 0.264 e. The van der Waals surface area contributed by atoms with Gasteiger partial charge >= 0.3 is 0 Å². The van der Waals surface area contributed by atoms with E-state index in [1.807, 2.05) is 60.4 Å². The van der Waals surface area contributed by atoms with E-state index in [0.29, 0.717) is 23.6 Å². The number of benzene rings is 3. The number of hydrogen-bond acceptors (Lipinski definition) is 4. The fourth-order valence-corrected chi connectivity index (χ4v) is 6.02. The fraction of sp³-hybridized carbons (Fsp3) is 0.267. The molecule has 2 heterocycles. The zero-order chi connectivity index (χ0) is 25.4. The molecule has 1 unspecified atom stereocenters. The van der Waals surface area contributed by atoms with Crippen LogP contribution >= 0.6 is 11.8 Å². The first-order valence-electron chi connectivity index (χ1n) is 12.3. The van der Waals surface area contributed by atoms with Crippen LogP contribution in [0.5, 0.6) is 0 Å². The van der Waals surface area contributed by atoms with Crippen LogP contribution in [0.1, 0.15) is 34.0 Å². The lowest BCUT2D eigenvalue weighted by atomic mass is 10.1. The van der Waals surface area contributed by atoms with E-state index in [1.54, 1.807) is 11.9 Å². The molecule has 0 aromatic heterocycles. The summed E-state index contributed by atoms with van der Waals surface area (Å²) in [6, 6.07) is 22.5. The monoisotopic (exact) mass is 497 g/mol. The summed E-state index contributed by atoms with van der Waals surface area (Å²) >= 11 is 1.47. The summed E-state index contributed by atoms with van der Waals surface area (Å²) in [5, 5.41) is 0. The molecule has 0 aliphatic carbocycles. The lowest BCUT2D eigenvalue weighted by Crippen LogP contribution is -2.53. The minimum atomic E-state index is -0.0549. The zero-order valence-corrected chi connectivity index (χ0v) is 22.0. The normalized spacial score (nSPS) is 19.0. The highest BCUT2D eigenvalue weighted by atomic mass is 32.2. The number of fused-ring (bicyclic) bond motifs is 1.